The number of hydrazine groups is 1. The fraction of sp³-hybridized carbons (Fsp3) is 0.600. The molecule has 0 saturated carbocycles. The Hall–Kier alpha value is -2.33. The van der Waals surface area contributed by atoms with Crippen LogP contribution in [0.25, 0.3) is 0 Å². The smallest absolute Gasteiger partial charge is 0.269 e. The van der Waals surface area contributed by atoms with Crippen LogP contribution in [-0.4, -0.2) is 57.6 Å². The number of hydrogen-bond acceptors (Lipinski definition) is 6. The topological polar surface area (TPSA) is 114 Å². The predicted molar refractivity (Wildman–Crippen MR) is 113 cm³/mol. The van der Waals surface area contributed by atoms with Crippen molar-refractivity contribution in [3.05, 3.63) is 23.8 Å². The molecule has 2 N–H and O–H groups in total. The van der Waals surface area contributed by atoms with E-state index in [1.165, 1.54) is 11.4 Å². The van der Waals surface area contributed by atoms with Crippen LogP contribution >= 0.6 is 0 Å². The van der Waals surface area contributed by atoms with E-state index in [1.807, 2.05) is 0 Å². The second kappa shape index (κ2) is 10.6. The molecule has 0 atom stereocenters. The summed E-state index contributed by atoms with van der Waals surface area (Å²) in [4.78, 5) is 24.7. The van der Waals surface area contributed by atoms with Crippen molar-refractivity contribution in [3.8, 4) is 11.5 Å². The Morgan fingerprint density at radius 2 is 1.83 bits per heavy atom. The summed E-state index contributed by atoms with van der Waals surface area (Å²) in [5.41, 5.74) is 5.14. The fourth-order valence-corrected chi connectivity index (χ4v) is 3.95. The number of ether oxygens (including phenoxy) is 2. The van der Waals surface area contributed by atoms with Gasteiger partial charge in [-0.1, -0.05) is 13.8 Å². The molecule has 1 aromatic carbocycles. The van der Waals surface area contributed by atoms with Crippen molar-refractivity contribution in [1.82, 2.24) is 15.2 Å². The zero-order chi connectivity index (χ0) is 22.3. The Morgan fingerprint density at radius 1 is 1.17 bits per heavy atom. The zero-order valence-corrected chi connectivity index (χ0v) is 18.8. The second-order valence-corrected chi connectivity index (χ2v) is 9.76. The Labute approximate surface area is 178 Å². The van der Waals surface area contributed by atoms with Gasteiger partial charge in [0.25, 0.3) is 5.91 Å². The Morgan fingerprint density at radius 3 is 2.40 bits per heavy atom. The molecule has 1 aliphatic rings. The molecule has 10 heteroatoms. The highest BCUT2D eigenvalue weighted by Gasteiger charge is 2.29. The number of nitrogens with zero attached hydrogens (tertiary/aromatic N) is 1. The zero-order valence-electron chi connectivity index (χ0n) is 17.9. The van der Waals surface area contributed by atoms with Crippen LogP contribution in [0.15, 0.2) is 18.2 Å². The van der Waals surface area contributed by atoms with Crippen LogP contribution in [0.5, 0.6) is 11.5 Å². The first-order chi connectivity index (χ1) is 14.1. The SMILES string of the molecule is COc1cc(C(=O)NNC(=O)C2CCN(S(C)(=O)=O)CC2)ccc1OCCC(C)C. The molecule has 1 fully saturated rings. The molecule has 1 aliphatic heterocycles. The summed E-state index contributed by atoms with van der Waals surface area (Å²) in [5, 5.41) is 0. The van der Waals surface area contributed by atoms with Gasteiger partial charge in [-0.25, -0.2) is 12.7 Å². The number of carbonyl (C=O) groups excluding carboxylic acids is 2. The molecule has 2 amide bonds. The van der Waals surface area contributed by atoms with Gasteiger partial charge in [-0.3, -0.25) is 20.4 Å². The van der Waals surface area contributed by atoms with E-state index >= 15 is 0 Å². The number of nitrogens with one attached hydrogen (secondary N) is 2. The molecular weight excluding hydrogens is 410 g/mol. The summed E-state index contributed by atoms with van der Waals surface area (Å²) in [6, 6.07) is 4.81. The molecule has 0 bridgehead atoms. The maximum Gasteiger partial charge on any atom is 0.269 e. The maximum atomic E-state index is 12.4. The van der Waals surface area contributed by atoms with Gasteiger partial charge in [0.05, 0.1) is 20.0 Å². The lowest BCUT2D eigenvalue weighted by Crippen LogP contribution is -2.48. The molecule has 168 valence electrons. The van der Waals surface area contributed by atoms with Gasteiger partial charge in [0.1, 0.15) is 0 Å². The van der Waals surface area contributed by atoms with E-state index in [9.17, 15) is 18.0 Å². The third-order valence-electron chi connectivity index (χ3n) is 4.97. The molecule has 0 aromatic heterocycles. The van der Waals surface area contributed by atoms with Gasteiger partial charge in [0.2, 0.25) is 15.9 Å². The van der Waals surface area contributed by atoms with Crippen molar-refractivity contribution in [2.45, 2.75) is 33.1 Å². The predicted octanol–water partition coefficient (Wildman–Crippen LogP) is 1.55. The van der Waals surface area contributed by atoms with E-state index in [2.05, 4.69) is 24.7 Å². The lowest BCUT2D eigenvalue weighted by Gasteiger charge is -2.29. The van der Waals surface area contributed by atoms with Crippen molar-refractivity contribution >= 4 is 21.8 Å². The summed E-state index contributed by atoms with van der Waals surface area (Å²) < 4.78 is 35.5. The second-order valence-electron chi connectivity index (χ2n) is 7.78. The minimum atomic E-state index is -3.25. The highest BCUT2D eigenvalue weighted by molar-refractivity contribution is 7.88. The van der Waals surface area contributed by atoms with Crippen molar-refractivity contribution in [1.29, 1.82) is 0 Å². The lowest BCUT2D eigenvalue weighted by molar-refractivity contribution is -0.126. The number of amides is 2. The van der Waals surface area contributed by atoms with E-state index in [0.717, 1.165) is 12.7 Å². The van der Waals surface area contributed by atoms with E-state index in [-0.39, 0.29) is 11.8 Å². The number of carbonyl (C=O) groups is 2. The van der Waals surface area contributed by atoms with E-state index in [1.54, 1.807) is 18.2 Å². The molecule has 1 heterocycles. The monoisotopic (exact) mass is 441 g/mol. The highest BCUT2D eigenvalue weighted by atomic mass is 32.2. The first kappa shape index (κ1) is 23.9. The van der Waals surface area contributed by atoms with Gasteiger partial charge in [-0.15, -0.1) is 0 Å². The number of hydrogen-bond donors (Lipinski definition) is 2. The summed E-state index contributed by atoms with van der Waals surface area (Å²) in [5.74, 6) is 0.334. The van der Waals surface area contributed by atoms with Gasteiger partial charge < -0.3 is 9.47 Å². The van der Waals surface area contributed by atoms with Gasteiger partial charge in [0, 0.05) is 24.6 Å². The average Bonchev–Trinajstić information content (AvgIpc) is 2.71. The third kappa shape index (κ3) is 6.88. The minimum absolute atomic E-state index is 0.292. The summed E-state index contributed by atoms with van der Waals surface area (Å²) in [6.45, 7) is 5.35. The van der Waals surface area contributed by atoms with Crippen molar-refractivity contribution in [3.63, 3.8) is 0 Å². The number of sulfonamides is 1. The van der Waals surface area contributed by atoms with Crippen LogP contribution in [0.1, 0.15) is 43.5 Å². The van der Waals surface area contributed by atoms with Crippen molar-refractivity contribution in [2.24, 2.45) is 11.8 Å². The molecule has 0 spiro atoms. The fourth-order valence-electron chi connectivity index (χ4n) is 3.07. The molecule has 2 rings (SSSR count). The van der Waals surface area contributed by atoms with Crippen LogP contribution in [-0.2, 0) is 14.8 Å². The quantitative estimate of drug-likeness (QED) is 0.592. The van der Waals surface area contributed by atoms with Crippen molar-refractivity contribution in [2.75, 3.05) is 33.1 Å². The molecule has 0 unspecified atom stereocenters. The Bertz CT molecular complexity index is 848. The molecule has 9 nitrogen and oxygen atoms in total. The van der Waals surface area contributed by atoms with Gasteiger partial charge in [-0.05, 0) is 43.4 Å². The van der Waals surface area contributed by atoms with Crippen LogP contribution in [0.4, 0.5) is 0 Å². The molecule has 1 aromatic rings. The van der Waals surface area contributed by atoms with E-state index in [0.29, 0.717) is 55.5 Å². The molecule has 1 saturated heterocycles. The molecular formula is C20H31N3O6S. The normalized spacial score (nSPS) is 15.6. The minimum Gasteiger partial charge on any atom is -0.493 e. The first-order valence-electron chi connectivity index (χ1n) is 9.98. The molecule has 30 heavy (non-hydrogen) atoms. The standard InChI is InChI=1S/C20H31N3O6S/c1-14(2)9-12-29-17-6-5-16(13-18(17)28-3)20(25)22-21-19(24)15-7-10-23(11-8-15)30(4,26)27/h5-6,13-15H,7-12H2,1-4H3,(H,21,24)(H,22,25). The van der Waals surface area contributed by atoms with Crippen LogP contribution in [0, 0.1) is 11.8 Å². The average molecular weight is 442 g/mol. The largest absolute Gasteiger partial charge is 0.493 e. The highest BCUT2D eigenvalue weighted by Crippen LogP contribution is 2.28. The summed E-state index contributed by atoms with van der Waals surface area (Å²) in [6.07, 6.45) is 2.87. The Kier molecular flexibility index (Phi) is 8.48. The van der Waals surface area contributed by atoms with Crippen LogP contribution in [0.2, 0.25) is 0 Å². The number of benzene rings is 1. The molecule has 0 aliphatic carbocycles. The number of methoxy groups -OCH3 is 1. The third-order valence-corrected chi connectivity index (χ3v) is 6.27. The van der Waals surface area contributed by atoms with Gasteiger partial charge >= 0.3 is 0 Å². The summed E-state index contributed by atoms with van der Waals surface area (Å²) in [7, 11) is -1.75. The van der Waals surface area contributed by atoms with Crippen LogP contribution < -0.4 is 20.3 Å². The number of rotatable bonds is 8. The number of piperidine rings is 1. The maximum absolute atomic E-state index is 12.4. The van der Waals surface area contributed by atoms with Gasteiger partial charge in [0.15, 0.2) is 11.5 Å². The first-order valence-corrected chi connectivity index (χ1v) is 11.8. The Balaban J connectivity index is 1.87. The van der Waals surface area contributed by atoms with Crippen molar-refractivity contribution < 1.29 is 27.5 Å². The van der Waals surface area contributed by atoms with E-state index in [4.69, 9.17) is 9.47 Å². The van der Waals surface area contributed by atoms with Gasteiger partial charge in [-0.2, -0.15) is 0 Å². The molecule has 0 radical (unpaired) electrons. The van der Waals surface area contributed by atoms with Crippen LogP contribution in [0.3, 0.4) is 0 Å². The van der Waals surface area contributed by atoms with E-state index < -0.39 is 15.9 Å². The summed E-state index contributed by atoms with van der Waals surface area (Å²) >= 11 is 0. The lowest BCUT2D eigenvalue weighted by atomic mass is 9.98.